The van der Waals surface area contributed by atoms with Crippen LogP contribution < -0.4 is 0 Å². The van der Waals surface area contributed by atoms with E-state index in [1.54, 1.807) is 0 Å². The Balaban J connectivity index is 2.21. The third kappa shape index (κ3) is 8.78. The second-order valence-electron chi connectivity index (χ2n) is 4.72. The van der Waals surface area contributed by atoms with Crippen molar-refractivity contribution in [2.75, 3.05) is 39.1 Å². The third-order valence-corrected chi connectivity index (χ3v) is 3.59. The zero-order valence-corrected chi connectivity index (χ0v) is 13.3. The Kier molecular flexibility index (Phi) is 7.53. The van der Waals surface area contributed by atoms with Crippen molar-refractivity contribution < 1.29 is 17.9 Å². The van der Waals surface area contributed by atoms with Crippen LogP contribution in [0.25, 0.3) is 0 Å². The highest BCUT2D eigenvalue weighted by molar-refractivity contribution is 8.03. The maximum absolute atomic E-state index is 11.9. The number of hydrogen-bond acceptors (Lipinski definition) is 4. The third-order valence-electron chi connectivity index (χ3n) is 2.81. The minimum absolute atomic E-state index is 0.460. The fourth-order valence-electron chi connectivity index (χ4n) is 1.62. The number of nitrogens with zero attached hydrogens (tertiary/aromatic N) is 3. The number of ether oxygens (including phenoxy) is 1. The van der Waals surface area contributed by atoms with Crippen LogP contribution in [0.5, 0.6) is 0 Å². The van der Waals surface area contributed by atoms with E-state index in [0.29, 0.717) is 10.8 Å². The molecular formula is C14H20F3N3OS. The highest BCUT2D eigenvalue weighted by Crippen LogP contribution is 2.21. The van der Waals surface area contributed by atoms with E-state index in [9.17, 15) is 13.2 Å². The van der Waals surface area contributed by atoms with Gasteiger partial charge in [-0.05, 0) is 19.2 Å². The Bertz CT molecular complexity index is 441. The standard InChI is InChI=1S/C14H20F3N3OS/c1-12(21-14(15,16)17)4-5-13(2)22-11-18-10-20-8-6-19(3)7-9-20/h4-5,10H,1-2,6-9,11H2,3H3/b5-4-,18-10+. The Morgan fingerprint density at radius 2 is 1.86 bits per heavy atom. The SMILES string of the molecule is C=C(/C=C\C(=C)SC/N=C/N1CCN(C)CC1)OC(F)(F)F. The summed E-state index contributed by atoms with van der Waals surface area (Å²) in [5.41, 5.74) is 0. The van der Waals surface area contributed by atoms with E-state index in [4.69, 9.17) is 0 Å². The van der Waals surface area contributed by atoms with Crippen LogP contribution >= 0.6 is 11.8 Å². The first-order valence-corrected chi connectivity index (χ1v) is 7.62. The van der Waals surface area contributed by atoms with Gasteiger partial charge in [0.2, 0.25) is 0 Å². The van der Waals surface area contributed by atoms with Crippen molar-refractivity contribution in [1.82, 2.24) is 9.80 Å². The Hall–Kier alpha value is -1.41. The fraction of sp³-hybridized carbons (Fsp3) is 0.500. The lowest BCUT2D eigenvalue weighted by Crippen LogP contribution is -2.43. The second kappa shape index (κ2) is 8.89. The Morgan fingerprint density at radius 3 is 2.45 bits per heavy atom. The predicted octanol–water partition coefficient (Wildman–Crippen LogP) is 3.07. The molecule has 1 heterocycles. The summed E-state index contributed by atoms with van der Waals surface area (Å²) in [7, 11) is 2.08. The van der Waals surface area contributed by atoms with Gasteiger partial charge in [-0.2, -0.15) is 0 Å². The number of allylic oxidation sites excluding steroid dienone is 2. The van der Waals surface area contributed by atoms with Gasteiger partial charge in [0.15, 0.2) is 0 Å². The van der Waals surface area contributed by atoms with Crippen molar-refractivity contribution in [1.29, 1.82) is 0 Å². The quantitative estimate of drug-likeness (QED) is 0.309. The summed E-state index contributed by atoms with van der Waals surface area (Å²) >= 11 is 1.33. The fourth-order valence-corrected chi connectivity index (χ4v) is 2.09. The number of likely N-dealkylation sites (N-methyl/N-ethyl adjacent to an activating group) is 1. The number of hydrogen-bond donors (Lipinski definition) is 0. The summed E-state index contributed by atoms with van der Waals surface area (Å²) < 4.78 is 39.4. The summed E-state index contributed by atoms with van der Waals surface area (Å²) in [5.74, 6) is -0.0162. The molecule has 0 aromatic carbocycles. The van der Waals surface area contributed by atoms with Crippen LogP contribution in [0.4, 0.5) is 13.2 Å². The Labute approximate surface area is 133 Å². The predicted molar refractivity (Wildman–Crippen MR) is 84.6 cm³/mol. The molecule has 0 aromatic rings. The van der Waals surface area contributed by atoms with Crippen LogP contribution in [0, 0.1) is 0 Å². The minimum Gasteiger partial charge on any atom is -0.406 e. The van der Waals surface area contributed by atoms with Gasteiger partial charge in [0.05, 0.1) is 12.2 Å². The molecule has 1 aliphatic heterocycles. The topological polar surface area (TPSA) is 28.1 Å². The van der Waals surface area contributed by atoms with Crippen molar-refractivity contribution >= 4 is 18.1 Å². The molecular weight excluding hydrogens is 315 g/mol. The van der Waals surface area contributed by atoms with E-state index < -0.39 is 12.1 Å². The molecule has 0 aliphatic carbocycles. The molecule has 0 atom stereocenters. The van der Waals surface area contributed by atoms with Crippen LogP contribution in [0.15, 0.2) is 41.0 Å². The van der Waals surface area contributed by atoms with Gasteiger partial charge >= 0.3 is 6.36 Å². The van der Waals surface area contributed by atoms with E-state index in [1.807, 2.05) is 6.34 Å². The molecule has 8 heteroatoms. The molecule has 0 unspecified atom stereocenters. The first kappa shape index (κ1) is 18.6. The van der Waals surface area contributed by atoms with Crippen LogP contribution in [-0.2, 0) is 4.74 Å². The lowest BCUT2D eigenvalue weighted by atomic mass is 10.4. The molecule has 0 amide bonds. The lowest BCUT2D eigenvalue weighted by Gasteiger charge is -2.30. The smallest absolute Gasteiger partial charge is 0.406 e. The van der Waals surface area contributed by atoms with Crippen LogP contribution in [0.1, 0.15) is 0 Å². The van der Waals surface area contributed by atoms with Crippen molar-refractivity contribution in [3.63, 3.8) is 0 Å². The number of alkyl halides is 3. The number of rotatable bonds is 7. The normalized spacial score (nSPS) is 17.4. The average molecular weight is 335 g/mol. The van der Waals surface area contributed by atoms with Crippen LogP contribution in [0.3, 0.4) is 0 Å². The molecule has 22 heavy (non-hydrogen) atoms. The number of aliphatic imine (C=N–C) groups is 1. The van der Waals surface area contributed by atoms with Crippen LogP contribution in [-0.4, -0.2) is 61.6 Å². The summed E-state index contributed by atoms with van der Waals surface area (Å²) in [5, 5.41) is 0. The van der Waals surface area contributed by atoms with Crippen molar-refractivity contribution in [3.05, 3.63) is 36.0 Å². The van der Waals surface area contributed by atoms with Gasteiger partial charge in [-0.1, -0.05) is 13.2 Å². The maximum atomic E-state index is 11.9. The zero-order valence-electron chi connectivity index (χ0n) is 12.5. The van der Waals surface area contributed by atoms with E-state index in [2.05, 4.69) is 39.7 Å². The lowest BCUT2D eigenvalue weighted by molar-refractivity contribution is -0.303. The molecule has 0 bridgehead atoms. The van der Waals surface area contributed by atoms with Crippen molar-refractivity contribution in [3.8, 4) is 0 Å². The molecule has 0 saturated carbocycles. The molecule has 1 rings (SSSR count). The monoisotopic (exact) mass is 335 g/mol. The molecule has 124 valence electrons. The average Bonchev–Trinajstić information content (AvgIpc) is 2.41. The van der Waals surface area contributed by atoms with Crippen LogP contribution in [0.2, 0.25) is 0 Å². The largest absolute Gasteiger partial charge is 0.573 e. The van der Waals surface area contributed by atoms with E-state index in [-0.39, 0.29) is 0 Å². The van der Waals surface area contributed by atoms with E-state index in [0.717, 1.165) is 32.3 Å². The molecule has 1 saturated heterocycles. The second-order valence-corrected chi connectivity index (χ2v) is 5.80. The number of piperazine rings is 1. The highest BCUT2D eigenvalue weighted by Gasteiger charge is 2.30. The molecule has 0 radical (unpaired) electrons. The maximum Gasteiger partial charge on any atom is 0.573 e. The Morgan fingerprint density at radius 1 is 1.23 bits per heavy atom. The van der Waals surface area contributed by atoms with Gasteiger partial charge in [-0.3, -0.25) is 4.99 Å². The van der Waals surface area contributed by atoms with Gasteiger partial charge in [0.25, 0.3) is 0 Å². The molecule has 1 fully saturated rings. The molecule has 1 aliphatic rings. The van der Waals surface area contributed by atoms with Gasteiger partial charge in [-0.25, -0.2) is 0 Å². The molecule has 0 aromatic heterocycles. The summed E-state index contributed by atoms with van der Waals surface area (Å²) in [6.45, 7) is 10.8. The highest BCUT2D eigenvalue weighted by atomic mass is 32.2. The molecule has 0 N–H and O–H groups in total. The number of halogens is 3. The van der Waals surface area contributed by atoms with Crippen molar-refractivity contribution in [2.24, 2.45) is 4.99 Å². The molecule has 4 nitrogen and oxygen atoms in total. The van der Waals surface area contributed by atoms with E-state index in [1.165, 1.54) is 17.8 Å². The van der Waals surface area contributed by atoms with Gasteiger partial charge in [-0.15, -0.1) is 24.9 Å². The van der Waals surface area contributed by atoms with Gasteiger partial charge in [0.1, 0.15) is 5.76 Å². The zero-order chi connectivity index (χ0) is 16.6. The first-order chi connectivity index (χ1) is 10.3. The van der Waals surface area contributed by atoms with Gasteiger partial charge in [0, 0.05) is 31.1 Å². The summed E-state index contributed by atoms with van der Waals surface area (Å²) in [6.07, 6.45) is -0.359. The minimum atomic E-state index is -4.72. The molecule has 0 spiro atoms. The number of thioether (sulfide) groups is 1. The van der Waals surface area contributed by atoms with Gasteiger partial charge < -0.3 is 14.5 Å². The summed E-state index contributed by atoms with van der Waals surface area (Å²) in [4.78, 5) is 9.24. The van der Waals surface area contributed by atoms with Crippen molar-refractivity contribution in [2.45, 2.75) is 6.36 Å². The summed E-state index contributed by atoms with van der Waals surface area (Å²) in [6, 6.07) is 0. The first-order valence-electron chi connectivity index (χ1n) is 6.63. The van der Waals surface area contributed by atoms with E-state index >= 15 is 0 Å².